The average molecular weight is 568 g/mol. The maximum Gasteiger partial charge on any atom is 0.172 e. The van der Waals surface area contributed by atoms with E-state index in [4.69, 9.17) is 4.74 Å². The summed E-state index contributed by atoms with van der Waals surface area (Å²) in [6.07, 6.45) is 2.56. The molecule has 1 aliphatic rings. The molecule has 32 heavy (non-hydrogen) atoms. The molecule has 4 aromatic rings. The third kappa shape index (κ3) is 4.09. The van der Waals surface area contributed by atoms with E-state index in [2.05, 4.69) is 62.2 Å². The number of hydrogen-bond acceptors (Lipinski definition) is 3. The van der Waals surface area contributed by atoms with Crippen molar-refractivity contribution in [3.8, 4) is 5.75 Å². The van der Waals surface area contributed by atoms with E-state index in [0.29, 0.717) is 6.42 Å². The van der Waals surface area contributed by atoms with Crippen LogP contribution in [0.25, 0.3) is 10.1 Å². The smallest absolute Gasteiger partial charge is 0.172 e. The molecule has 0 saturated heterocycles. The van der Waals surface area contributed by atoms with Crippen molar-refractivity contribution in [1.82, 2.24) is 0 Å². The van der Waals surface area contributed by atoms with Gasteiger partial charge >= 0.3 is 0 Å². The molecule has 0 bridgehead atoms. The molecule has 2 nitrogen and oxygen atoms in total. The number of hydrogen-bond donors (Lipinski definition) is 0. The van der Waals surface area contributed by atoms with Crippen molar-refractivity contribution in [2.75, 3.05) is 0 Å². The highest BCUT2D eigenvalue weighted by Crippen LogP contribution is 2.54. The number of Topliss-reactive ketones (excluding diaryl/α,β-unsaturated/α-hetero) is 1. The van der Waals surface area contributed by atoms with Gasteiger partial charge in [-0.15, -0.1) is 11.3 Å². The Labute approximate surface area is 208 Å². The van der Waals surface area contributed by atoms with E-state index < -0.39 is 0 Å². The number of carbonyl (C=O) groups excluding carboxylic acids is 1. The van der Waals surface area contributed by atoms with Crippen LogP contribution < -0.4 is 4.74 Å². The molecular weight excluding hydrogens is 548 g/mol. The summed E-state index contributed by atoms with van der Waals surface area (Å²) in [5.74, 6) is 0.590. The van der Waals surface area contributed by atoms with Crippen molar-refractivity contribution in [1.29, 1.82) is 0 Å². The molecule has 1 aliphatic heterocycles. The summed E-state index contributed by atoms with van der Waals surface area (Å²) in [6.45, 7) is 0. The minimum absolute atomic E-state index is 0.0972. The summed E-state index contributed by atoms with van der Waals surface area (Å²) >= 11 is 8.63. The Morgan fingerprint density at radius 3 is 2.28 bits per heavy atom. The van der Waals surface area contributed by atoms with Gasteiger partial charge in [-0.1, -0.05) is 78.9 Å². The van der Waals surface area contributed by atoms with Crippen LogP contribution in [0.5, 0.6) is 5.75 Å². The topological polar surface area (TPSA) is 26.3 Å². The van der Waals surface area contributed by atoms with E-state index in [0.717, 1.165) is 35.2 Å². The molecule has 0 N–H and O–H groups in total. The molecule has 2 heterocycles. The van der Waals surface area contributed by atoms with Crippen LogP contribution in [-0.4, -0.2) is 11.9 Å². The van der Waals surface area contributed by atoms with Gasteiger partial charge in [0.25, 0.3) is 0 Å². The number of ketones is 1. The van der Waals surface area contributed by atoms with E-state index in [-0.39, 0.29) is 23.7 Å². The zero-order valence-electron chi connectivity index (χ0n) is 17.1. The number of carbonyl (C=O) groups is 1. The standard InChI is InChI=1S/C27H20Br2O2S/c28-22(29)16-15-20-23(17-9-3-1-4-10-17)24(25(30)18-11-5-2-6-12-18)27-26(31-20)19-13-7-8-14-21(19)32-27/h1-14,16,20,23-24H,15H2/t20-,23-,24-/m0/s1. The lowest BCUT2D eigenvalue weighted by Gasteiger charge is -2.38. The van der Waals surface area contributed by atoms with Crippen LogP contribution in [0.2, 0.25) is 0 Å². The number of fused-ring (bicyclic) bond motifs is 3. The molecule has 0 radical (unpaired) electrons. The van der Waals surface area contributed by atoms with Crippen molar-refractivity contribution in [3.63, 3.8) is 0 Å². The van der Waals surface area contributed by atoms with Gasteiger partial charge < -0.3 is 4.74 Å². The Morgan fingerprint density at radius 1 is 0.906 bits per heavy atom. The predicted molar refractivity (Wildman–Crippen MR) is 139 cm³/mol. The molecule has 1 aromatic heterocycles. The fourth-order valence-electron chi connectivity index (χ4n) is 4.52. The number of thiophene rings is 1. The first-order chi connectivity index (χ1) is 15.6. The second kappa shape index (κ2) is 9.34. The molecule has 0 aliphatic carbocycles. The Balaban J connectivity index is 1.73. The second-order valence-corrected chi connectivity index (χ2v) is 11.7. The van der Waals surface area contributed by atoms with Gasteiger partial charge in [0.05, 0.1) is 14.2 Å². The zero-order valence-corrected chi connectivity index (χ0v) is 21.1. The lowest BCUT2D eigenvalue weighted by atomic mass is 9.74. The van der Waals surface area contributed by atoms with Gasteiger partial charge in [0, 0.05) is 28.0 Å². The van der Waals surface area contributed by atoms with Crippen LogP contribution in [0.4, 0.5) is 0 Å². The molecule has 0 unspecified atom stereocenters. The number of halogens is 2. The number of rotatable bonds is 5. The Morgan fingerprint density at radius 2 is 1.56 bits per heavy atom. The number of benzene rings is 3. The van der Waals surface area contributed by atoms with Crippen LogP contribution in [0, 0.1) is 0 Å². The largest absolute Gasteiger partial charge is 0.488 e. The highest BCUT2D eigenvalue weighted by molar-refractivity contribution is 9.28. The quantitative estimate of drug-likeness (QED) is 0.226. The van der Waals surface area contributed by atoms with Gasteiger partial charge in [0.1, 0.15) is 11.9 Å². The van der Waals surface area contributed by atoms with Gasteiger partial charge in [-0.05, 0) is 49.6 Å². The molecule has 5 heteroatoms. The van der Waals surface area contributed by atoms with E-state index in [1.165, 1.54) is 0 Å². The second-order valence-electron chi connectivity index (χ2n) is 7.82. The minimum atomic E-state index is -0.312. The summed E-state index contributed by atoms with van der Waals surface area (Å²) < 4.78 is 8.72. The summed E-state index contributed by atoms with van der Waals surface area (Å²) in [5, 5.41) is 1.08. The summed E-state index contributed by atoms with van der Waals surface area (Å²) in [4.78, 5) is 15.0. The first kappa shape index (κ1) is 21.6. The van der Waals surface area contributed by atoms with Crippen molar-refractivity contribution in [2.24, 2.45) is 0 Å². The van der Waals surface area contributed by atoms with Crippen LogP contribution >= 0.6 is 43.2 Å². The Kier molecular flexibility index (Phi) is 6.31. The monoisotopic (exact) mass is 566 g/mol. The van der Waals surface area contributed by atoms with E-state index in [1.54, 1.807) is 11.3 Å². The zero-order chi connectivity index (χ0) is 22.1. The van der Waals surface area contributed by atoms with Crippen molar-refractivity contribution < 1.29 is 9.53 Å². The molecule has 0 amide bonds. The molecule has 3 aromatic carbocycles. The average Bonchev–Trinajstić information content (AvgIpc) is 3.20. The first-order valence-corrected chi connectivity index (χ1v) is 12.9. The van der Waals surface area contributed by atoms with Crippen LogP contribution in [0.1, 0.15) is 39.1 Å². The molecule has 160 valence electrons. The Bertz CT molecular complexity index is 1280. The molecule has 0 spiro atoms. The van der Waals surface area contributed by atoms with E-state index in [9.17, 15) is 4.79 Å². The van der Waals surface area contributed by atoms with E-state index in [1.807, 2.05) is 60.7 Å². The molecule has 0 saturated carbocycles. The lowest BCUT2D eigenvalue weighted by Crippen LogP contribution is -2.37. The molecule has 3 atom stereocenters. The first-order valence-electron chi connectivity index (χ1n) is 10.5. The molecule has 5 rings (SSSR count). The van der Waals surface area contributed by atoms with Gasteiger partial charge in [-0.3, -0.25) is 4.79 Å². The third-order valence-electron chi connectivity index (χ3n) is 5.92. The highest BCUT2D eigenvalue weighted by Gasteiger charge is 2.44. The van der Waals surface area contributed by atoms with Crippen molar-refractivity contribution in [3.05, 3.63) is 110 Å². The normalized spacial score (nSPS) is 19.8. The minimum Gasteiger partial charge on any atom is -0.488 e. The van der Waals surface area contributed by atoms with Crippen LogP contribution in [0.3, 0.4) is 0 Å². The number of ether oxygens (including phenoxy) is 1. The lowest BCUT2D eigenvalue weighted by molar-refractivity contribution is 0.0844. The van der Waals surface area contributed by atoms with Crippen molar-refractivity contribution in [2.45, 2.75) is 24.4 Å². The molecular formula is C27H20Br2O2S. The van der Waals surface area contributed by atoms with Crippen molar-refractivity contribution >= 4 is 59.1 Å². The van der Waals surface area contributed by atoms with Gasteiger partial charge in [0.2, 0.25) is 0 Å². The SMILES string of the molecule is O=C(c1ccccc1)[C@H]1c2sc3ccccc3c2O[C@@H](CC=C(Br)Br)[C@@H]1c1ccccc1. The van der Waals surface area contributed by atoms with Gasteiger partial charge in [-0.25, -0.2) is 0 Å². The Hall–Kier alpha value is -2.21. The highest BCUT2D eigenvalue weighted by atomic mass is 79.9. The molecule has 0 fully saturated rings. The summed E-state index contributed by atoms with van der Waals surface area (Å²) in [6, 6.07) is 28.2. The van der Waals surface area contributed by atoms with Gasteiger partial charge in [-0.2, -0.15) is 0 Å². The van der Waals surface area contributed by atoms with Crippen LogP contribution in [0.15, 0.2) is 94.4 Å². The van der Waals surface area contributed by atoms with E-state index >= 15 is 0 Å². The fourth-order valence-corrected chi connectivity index (χ4v) is 6.18. The third-order valence-corrected chi connectivity index (χ3v) is 7.80. The summed E-state index contributed by atoms with van der Waals surface area (Å²) in [7, 11) is 0. The predicted octanol–water partition coefficient (Wildman–Crippen LogP) is 8.43. The van der Waals surface area contributed by atoms with Gasteiger partial charge in [0.15, 0.2) is 5.78 Å². The maximum atomic E-state index is 14.0. The summed E-state index contributed by atoms with van der Waals surface area (Å²) in [5.41, 5.74) is 1.86. The van der Waals surface area contributed by atoms with Crippen LogP contribution in [-0.2, 0) is 0 Å². The fraction of sp³-hybridized carbons (Fsp3) is 0.148. The maximum absolute atomic E-state index is 14.0.